The van der Waals surface area contributed by atoms with E-state index >= 15 is 0 Å². The van der Waals surface area contributed by atoms with E-state index in [1.807, 2.05) is 0 Å². The number of methoxy groups -OCH3 is 2. The highest BCUT2D eigenvalue weighted by Crippen LogP contribution is 2.38. The predicted octanol–water partition coefficient (Wildman–Crippen LogP) is 5.51. The molecule has 36 heavy (non-hydrogen) atoms. The van der Waals surface area contributed by atoms with Crippen molar-refractivity contribution >= 4 is 22.5 Å². The Balaban J connectivity index is 1.41. The second-order valence-electron chi connectivity index (χ2n) is 8.05. The second kappa shape index (κ2) is 9.65. The van der Waals surface area contributed by atoms with Crippen molar-refractivity contribution in [3.8, 4) is 28.7 Å². The number of rotatable bonds is 8. The first-order valence-corrected chi connectivity index (χ1v) is 11.1. The maximum absolute atomic E-state index is 15.0. The Morgan fingerprint density at radius 2 is 1.64 bits per heavy atom. The van der Waals surface area contributed by atoms with Crippen molar-refractivity contribution in [1.82, 2.24) is 9.97 Å². The number of nitrogens with zero attached hydrogens (tertiary/aromatic N) is 2. The summed E-state index contributed by atoms with van der Waals surface area (Å²) in [6.45, 7) is 0. The van der Waals surface area contributed by atoms with Crippen molar-refractivity contribution < 1.29 is 32.5 Å². The van der Waals surface area contributed by atoms with E-state index in [9.17, 15) is 13.6 Å². The molecule has 5 rings (SSSR count). The molecule has 1 saturated carbocycles. The van der Waals surface area contributed by atoms with Crippen molar-refractivity contribution in [3.63, 3.8) is 0 Å². The molecule has 0 spiro atoms. The SMILES string of the molecule is COc1cc2nccc(Oc3c(F)cc(NC(=O)c4cnccc4OC4CC4)cc3F)c2cc1OC. The normalized spacial score (nSPS) is 12.8. The lowest BCUT2D eigenvalue weighted by atomic mass is 10.1. The third-order valence-corrected chi connectivity index (χ3v) is 5.52. The minimum Gasteiger partial charge on any atom is -0.493 e. The molecule has 10 heteroatoms. The molecule has 4 aromatic rings. The maximum atomic E-state index is 15.0. The number of pyridine rings is 2. The summed E-state index contributed by atoms with van der Waals surface area (Å²) >= 11 is 0. The number of carbonyl (C=O) groups is 1. The number of aromatic nitrogens is 2. The number of carbonyl (C=O) groups excluding carboxylic acids is 1. The van der Waals surface area contributed by atoms with E-state index in [4.69, 9.17) is 18.9 Å². The van der Waals surface area contributed by atoms with Gasteiger partial charge in [-0.15, -0.1) is 0 Å². The highest BCUT2D eigenvalue weighted by molar-refractivity contribution is 6.06. The van der Waals surface area contributed by atoms with Crippen LogP contribution >= 0.6 is 0 Å². The van der Waals surface area contributed by atoms with E-state index in [1.165, 1.54) is 38.9 Å². The number of amides is 1. The molecule has 1 fully saturated rings. The van der Waals surface area contributed by atoms with Crippen LogP contribution in [0.1, 0.15) is 23.2 Å². The lowest BCUT2D eigenvalue weighted by Crippen LogP contribution is -2.15. The minimum absolute atomic E-state index is 0.0654. The summed E-state index contributed by atoms with van der Waals surface area (Å²) in [5.74, 6) is -1.86. The maximum Gasteiger partial charge on any atom is 0.261 e. The molecule has 1 aliphatic rings. The number of nitrogens with one attached hydrogen (secondary N) is 1. The second-order valence-corrected chi connectivity index (χ2v) is 8.05. The Morgan fingerprint density at radius 1 is 0.944 bits per heavy atom. The van der Waals surface area contributed by atoms with Crippen LogP contribution in [0.5, 0.6) is 28.7 Å². The Morgan fingerprint density at radius 3 is 2.33 bits per heavy atom. The molecule has 2 heterocycles. The summed E-state index contributed by atoms with van der Waals surface area (Å²) in [5.41, 5.74) is 0.559. The van der Waals surface area contributed by atoms with Gasteiger partial charge in [0, 0.05) is 47.9 Å². The van der Waals surface area contributed by atoms with E-state index in [0.29, 0.717) is 28.2 Å². The standard InChI is InChI=1S/C26H21F2N3O5/c1-33-23-11-16-20(12-24(23)34-2)30-8-6-21(16)36-25-18(27)9-14(10-19(25)28)31-26(32)17-13-29-7-5-22(17)35-15-3-4-15/h5-13,15H,3-4H2,1-2H3,(H,31,32). The molecule has 0 aliphatic heterocycles. The molecule has 184 valence electrons. The van der Waals surface area contributed by atoms with Gasteiger partial charge in [-0.2, -0.15) is 0 Å². The van der Waals surface area contributed by atoms with Crippen LogP contribution in [0.15, 0.2) is 55.0 Å². The van der Waals surface area contributed by atoms with E-state index < -0.39 is 23.3 Å². The molecule has 2 aromatic carbocycles. The molecule has 8 nitrogen and oxygen atoms in total. The van der Waals surface area contributed by atoms with Gasteiger partial charge >= 0.3 is 0 Å². The smallest absolute Gasteiger partial charge is 0.261 e. The number of halogens is 2. The van der Waals surface area contributed by atoms with Crippen LogP contribution < -0.4 is 24.3 Å². The van der Waals surface area contributed by atoms with Gasteiger partial charge in [0.15, 0.2) is 28.9 Å². The van der Waals surface area contributed by atoms with Gasteiger partial charge in [-0.1, -0.05) is 0 Å². The van der Waals surface area contributed by atoms with Gasteiger partial charge < -0.3 is 24.3 Å². The molecule has 0 radical (unpaired) electrons. The molecule has 1 aliphatic carbocycles. The minimum atomic E-state index is -1.00. The summed E-state index contributed by atoms with van der Waals surface area (Å²) in [4.78, 5) is 21.0. The Kier molecular flexibility index (Phi) is 6.24. The van der Waals surface area contributed by atoms with Gasteiger partial charge in [-0.25, -0.2) is 8.78 Å². The molecule has 0 unspecified atom stereocenters. The van der Waals surface area contributed by atoms with Gasteiger partial charge in [0.1, 0.15) is 11.5 Å². The lowest BCUT2D eigenvalue weighted by Gasteiger charge is -2.14. The monoisotopic (exact) mass is 493 g/mol. The van der Waals surface area contributed by atoms with Gasteiger partial charge in [0.25, 0.3) is 5.91 Å². The summed E-state index contributed by atoms with van der Waals surface area (Å²) in [7, 11) is 2.96. The molecule has 2 aromatic heterocycles. The highest BCUT2D eigenvalue weighted by Gasteiger charge is 2.26. The molecular formula is C26H21F2N3O5. The van der Waals surface area contributed by atoms with Crippen LogP contribution in [0.25, 0.3) is 10.9 Å². The molecule has 1 N–H and O–H groups in total. The Labute approximate surface area is 204 Å². The molecule has 0 saturated heterocycles. The molecule has 0 atom stereocenters. The predicted molar refractivity (Wildman–Crippen MR) is 127 cm³/mol. The zero-order chi connectivity index (χ0) is 25.2. The van der Waals surface area contributed by atoms with Crippen molar-refractivity contribution in [2.24, 2.45) is 0 Å². The van der Waals surface area contributed by atoms with E-state index in [-0.39, 0.29) is 23.1 Å². The van der Waals surface area contributed by atoms with Crippen LogP contribution in [-0.2, 0) is 0 Å². The molecule has 0 bridgehead atoms. The third kappa shape index (κ3) is 4.70. The number of benzene rings is 2. The number of anilines is 1. The summed E-state index contributed by atoms with van der Waals surface area (Å²) in [6, 6.07) is 8.24. The van der Waals surface area contributed by atoms with Gasteiger partial charge in [0.2, 0.25) is 0 Å². The van der Waals surface area contributed by atoms with Gasteiger partial charge in [0.05, 0.1) is 31.4 Å². The van der Waals surface area contributed by atoms with Crippen molar-refractivity contribution in [1.29, 1.82) is 0 Å². The fourth-order valence-electron chi connectivity index (χ4n) is 3.59. The number of hydrogen-bond donors (Lipinski definition) is 1. The van der Waals surface area contributed by atoms with Crippen LogP contribution in [0.2, 0.25) is 0 Å². The fraction of sp³-hybridized carbons (Fsp3) is 0.192. The molecular weight excluding hydrogens is 472 g/mol. The fourth-order valence-corrected chi connectivity index (χ4v) is 3.59. The quantitative estimate of drug-likeness (QED) is 0.346. The summed E-state index contributed by atoms with van der Waals surface area (Å²) in [5, 5.41) is 2.95. The average molecular weight is 493 g/mol. The van der Waals surface area contributed by atoms with Gasteiger partial charge in [-0.05, 0) is 31.0 Å². The van der Waals surface area contributed by atoms with Crippen LogP contribution in [-0.4, -0.2) is 36.2 Å². The van der Waals surface area contributed by atoms with Crippen LogP contribution in [0, 0.1) is 11.6 Å². The number of hydrogen-bond acceptors (Lipinski definition) is 7. The summed E-state index contributed by atoms with van der Waals surface area (Å²) < 4.78 is 51.8. The van der Waals surface area contributed by atoms with E-state index in [1.54, 1.807) is 18.2 Å². The van der Waals surface area contributed by atoms with Crippen molar-refractivity contribution in [2.75, 3.05) is 19.5 Å². The highest BCUT2D eigenvalue weighted by atomic mass is 19.1. The van der Waals surface area contributed by atoms with Crippen molar-refractivity contribution in [2.45, 2.75) is 18.9 Å². The van der Waals surface area contributed by atoms with Gasteiger partial charge in [-0.3, -0.25) is 14.8 Å². The first-order chi connectivity index (χ1) is 17.5. The number of fused-ring (bicyclic) bond motifs is 1. The largest absolute Gasteiger partial charge is 0.493 e. The first kappa shape index (κ1) is 23.3. The third-order valence-electron chi connectivity index (χ3n) is 5.52. The average Bonchev–Trinajstić information content (AvgIpc) is 3.69. The lowest BCUT2D eigenvalue weighted by molar-refractivity contribution is 0.102. The summed E-state index contributed by atoms with van der Waals surface area (Å²) in [6.07, 6.45) is 6.19. The van der Waals surface area contributed by atoms with Crippen LogP contribution in [0.4, 0.5) is 14.5 Å². The topological polar surface area (TPSA) is 91.8 Å². The van der Waals surface area contributed by atoms with E-state index in [2.05, 4.69) is 15.3 Å². The Hall–Kier alpha value is -4.47. The Bertz CT molecular complexity index is 1440. The zero-order valence-corrected chi connectivity index (χ0v) is 19.4. The number of ether oxygens (including phenoxy) is 4. The van der Waals surface area contributed by atoms with E-state index in [0.717, 1.165) is 25.0 Å². The van der Waals surface area contributed by atoms with Crippen LogP contribution in [0.3, 0.4) is 0 Å². The zero-order valence-electron chi connectivity index (χ0n) is 19.4. The molecule has 1 amide bonds. The first-order valence-electron chi connectivity index (χ1n) is 11.1. The van der Waals surface area contributed by atoms with Crippen molar-refractivity contribution in [3.05, 3.63) is 72.2 Å².